The van der Waals surface area contributed by atoms with Gasteiger partial charge in [-0.2, -0.15) is 0 Å². The molecule has 0 radical (unpaired) electrons. The van der Waals surface area contributed by atoms with Crippen molar-refractivity contribution in [3.8, 4) is 0 Å². The molecule has 1 aliphatic rings. The maximum absolute atomic E-state index is 13.7. The van der Waals surface area contributed by atoms with Crippen molar-refractivity contribution in [2.24, 2.45) is 0 Å². The third kappa shape index (κ3) is 4.88. The van der Waals surface area contributed by atoms with Gasteiger partial charge in [0.2, 0.25) is 5.91 Å². The smallest absolute Gasteiger partial charge is 0.254 e. The van der Waals surface area contributed by atoms with Crippen molar-refractivity contribution >= 4 is 22.6 Å². The van der Waals surface area contributed by atoms with E-state index in [4.69, 9.17) is 0 Å². The van der Waals surface area contributed by atoms with E-state index in [-0.39, 0.29) is 18.0 Å². The standard InChI is InChI=1S/C24H23F2N3O2/c25-19-8-9-21(22(26)14-19)24(31)27-15-23(30)29-12-10-28(11-13-29)16-18-6-3-5-17-4-1-2-7-20(17)18/h1-9,14H,10-13,15-16H2,(H,27,31). The van der Waals surface area contributed by atoms with Crippen molar-refractivity contribution in [1.29, 1.82) is 0 Å². The molecule has 31 heavy (non-hydrogen) atoms. The zero-order valence-corrected chi connectivity index (χ0v) is 17.0. The van der Waals surface area contributed by atoms with Crippen LogP contribution in [0.5, 0.6) is 0 Å². The number of carbonyl (C=O) groups excluding carboxylic acids is 2. The van der Waals surface area contributed by atoms with Crippen LogP contribution in [0.15, 0.2) is 60.7 Å². The van der Waals surface area contributed by atoms with E-state index in [2.05, 4.69) is 40.5 Å². The molecule has 5 nitrogen and oxygen atoms in total. The Labute approximate surface area is 179 Å². The van der Waals surface area contributed by atoms with Crippen molar-refractivity contribution in [2.45, 2.75) is 6.54 Å². The predicted molar refractivity (Wildman–Crippen MR) is 114 cm³/mol. The lowest BCUT2D eigenvalue weighted by Crippen LogP contribution is -2.50. The lowest BCUT2D eigenvalue weighted by atomic mass is 10.0. The van der Waals surface area contributed by atoms with Gasteiger partial charge in [0, 0.05) is 38.8 Å². The molecular weight excluding hydrogens is 400 g/mol. The monoisotopic (exact) mass is 423 g/mol. The third-order valence-electron chi connectivity index (χ3n) is 5.57. The number of rotatable bonds is 5. The van der Waals surface area contributed by atoms with Gasteiger partial charge in [0.15, 0.2) is 0 Å². The molecule has 3 aromatic rings. The second-order valence-corrected chi connectivity index (χ2v) is 7.60. The largest absolute Gasteiger partial charge is 0.343 e. The van der Waals surface area contributed by atoms with Gasteiger partial charge in [-0.3, -0.25) is 14.5 Å². The molecule has 1 heterocycles. The summed E-state index contributed by atoms with van der Waals surface area (Å²) in [5.74, 6) is -2.67. The number of hydrogen-bond acceptors (Lipinski definition) is 3. The van der Waals surface area contributed by atoms with Gasteiger partial charge in [-0.05, 0) is 28.5 Å². The second kappa shape index (κ2) is 9.22. The van der Waals surface area contributed by atoms with E-state index in [1.165, 1.54) is 16.3 Å². The molecule has 7 heteroatoms. The van der Waals surface area contributed by atoms with Crippen LogP contribution in [0.4, 0.5) is 8.78 Å². The molecule has 0 spiro atoms. The third-order valence-corrected chi connectivity index (χ3v) is 5.57. The van der Waals surface area contributed by atoms with Crippen LogP contribution in [-0.2, 0) is 11.3 Å². The molecule has 0 saturated carbocycles. The first kappa shape index (κ1) is 20.9. The summed E-state index contributed by atoms with van der Waals surface area (Å²) in [6.07, 6.45) is 0. The number of piperazine rings is 1. The number of nitrogens with one attached hydrogen (secondary N) is 1. The highest BCUT2D eigenvalue weighted by atomic mass is 19.1. The molecule has 4 rings (SSSR count). The Morgan fingerprint density at radius 3 is 2.42 bits per heavy atom. The summed E-state index contributed by atoms with van der Waals surface area (Å²) in [5, 5.41) is 4.87. The molecule has 1 fully saturated rings. The number of benzene rings is 3. The van der Waals surface area contributed by atoms with Gasteiger partial charge in [-0.15, -0.1) is 0 Å². The fraction of sp³-hybridized carbons (Fsp3) is 0.250. The summed E-state index contributed by atoms with van der Waals surface area (Å²) in [4.78, 5) is 28.5. The van der Waals surface area contributed by atoms with Crippen LogP contribution in [-0.4, -0.2) is 54.3 Å². The number of halogens is 2. The molecule has 0 aliphatic carbocycles. The first-order valence-electron chi connectivity index (χ1n) is 10.2. The zero-order valence-electron chi connectivity index (χ0n) is 17.0. The average molecular weight is 423 g/mol. The summed E-state index contributed by atoms with van der Waals surface area (Å²) in [6.45, 7) is 3.17. The van der Waals surface area contributed by atoms with Crippen LogP contribution >= 0.6 is 0 Å². The Hall–Kier alpha value is -3.32. The van der Waals surface area contributed by atoms with Crippen LogP contribution in [0.25, 0.3) is 10.8 Å². The van der Waals surface area contributed by atoms with Gasteiger partial charge in [0.05, 0.1) is 12.1 Å². The Morgan fingerprint density at radius 2 is 1.65 bits per heavy atom. The molecule has 0 aromatic heterocycles. The lowest BCUT2D eigenvalue weighted by Gasteiger charge is -2.35. The zero-order chi connectivity index (χ0) is 21.8. The van der Waals surface area contributed by atoms with Crippen LogP contribution in [0, 0.1) is 11.6 Å². The van der Waals surface area contributed by atoms with Gasteiger partial charge in [-0.1, -0.05) is 42.5 Å². The van der Waals surface area contributed by atoms with Crippen LogP contribution in [0.2, 0.25) is 0 Å². The molecule has 0 unspecified atom stereocenters. The summed E-state index contributed by atoms with van der Waals surface area (Å²) in [6, 6.07) is 17.3. The van der Waals surface area contributed by atoms with Gasteiger partial charge in [0.25, 0.3) is 5.91 Å². The van der Waals surface area contributed by atoms with Crippen molar-refractivity contribution in [3.63, 3.8) is 0 Å². The molecule has 1 saturated heterocycles. The van der Waals surface area contributed by atoms with E-state index in [0.29, 0.717) is 19.2 Å². The lowest BCUT2D eigenvalue weighted by molar-refractivity contribution is -0.131. The molecule has 160 valence electrons. The summed E-state index contributed by atoms with van der Waals surface area (Å²) in [7, 11) is 0. The Balaban J connectivity index is 1.28. The molecule has 0 atom stereocenters. The number of nitrogens with zero attached hydrogens (tertiary/aromatic N) is 2. The van der Waals surface area contributed by atoms with E-state index < -0.39 is 17.5 Å². The molecule has 2 amide bonds. The average Bonchev–Trinajstić information content (AvgIpc) is 2.78. The highest BCUT2D eigenvalue weighted by Crippen LogP contribution is 2.20. The van der Waals surface area contributed by atoms with Gasteiger partial charge in [-0.25, -0.2) is 8.78 Å². The van der Waals surface area contributed by atoms with Crippen LogP contribution < -0.4 is 5.32 Å². The van der Waals surface area contributed by atoms with Crippen molar-refractivity contribution in [1.82, 2.24) is 15.1 Å². The Kier molecular flexibility index (Phi) is 6.23. The predicted octanol–water partition coefficient (Wildman–Crippen LogP) is 3.19. The number of carbonyl (C=O) groups is 2. The van der Waals surface area contributed by atoms with E-state index in [0.717, 1.165) is 31.8 Å². The van der Waals surface area contributed by atoms with E-state index >= 15 is 0 Å². The number of fused-ring (bicyclic) bond motifs is 1. The molecule has 3 aromatic carbocycles. The molecule has 1 aliphatic heterocycles. The molecular formula is C24H23F2N3O2. The fourth-order valence-corrected chi connectivity index (χ4v) is 3.86. The maximum atomic E-state index is 13.7. The second-order valence-electron chi connectivity index (χ2n) is 7.60. The normalized spacial score (nSPS) is 14.6. The van der Waals surface area contributed by atoms with Crippen molar-refractivity contribution in [3.05, 3.63) is 83.4 Å². The number of amides is 2. The van der Waals surface area contributed by atoms with Crippen LogP contribution in [0.1, 0.15) is 15.9 Å². The van der Waals surface area contributed by atoms with E-state index in [1.54, 1.807) is 4.90 Å². The minimum Gasteiger partial charge on any atom is -0.343 e. The first-order valence-corrected chi connectivity index (χ1v) is 10.2. The Morgan fingerprint density at radius 1 is 0.903 bits per heavy atom. The fourth-order valence-electron chi connectivity index (χ4n) is 3.86. The minimum atomic E-state index is -0.952. The highest BCUT2D eigenvalue weighted by Gasteiger charge is 2.22. The summed E-state index contributed by atoms with van der Waals surface area (Å²) < 4.78 is 26.7. The van der Waals surface area contributed by atoms with Gasteiger partial charge in [0.1, 0.15) is 11.6 Å². The maximum Gasteiger partial charge on any atom is 0.254 e. The quantitative estimate of drug-likeness (QED) is 0.686. The van der Waals surface area contributed by atoms with Gasteiger partial charge < -0.3 is 10.2 Å². The SMILES string of the molecule is O=C(NCC(=O)N1CCN(Cc2cccc3ccccc23)CC1)c1ccc(F)cc1F. The minimum absolute atomic E-state index is 0.222. The van der Waals surface area contributed by atoms with Gasteiger partial charge >= 0.3 is 0 Å². The van der Waals surface area contributed by atoms with Crippen molar-refractivity contribution in [2.75, 3.05) is 32.7 Å². The Bertz CT molecular complexity index is 1110. The topological polar surface area (TPSA) is 52.7 Å². The summed E-state index contributed by atoms with van der Waals surface area (Å²) in [5.41, 5.74) is 0.973. The molecule has 0 bridgehead atoms. The summed E-state index contributed by atoms with van der Waals surface area (Å²) >= 11 is 0. The van der Waals surface area contributed by atoms with E-state index in [9.17, 15) is 18.4 Å². The van der Waals surface area contributed by atoms with E-state index in [1.807, 2.05) is 12.1 Å². The number of hydrogen-bond donors (Lipinski definition) is 1. The first-order chi connectivity index (χ1) is 15.0. The molecule has 1 N–H and O–H groups in total. The highest BCUT2D eigenvalue weighted by molar-refractivity contribution is 5.96. The van der Waals surface area contributed by atoms with Crippen molar-refractivity contribution < 1.29 is 18.4 Å². The van der Waals surface area contributed by atoms with Crippen LogP contribution in [0.3, 0.4) is 0 Å².